The Morgan fingerprint density at radius 3 is 1.43 bits per heavy atom. The van der Waals surface area contributed by atoms with Crippen LogP contribution in [0.15, 0.2) is 231 Å². The molecule has 0 unspecified atom stereocenters. The second kappa shape index (κ2) is 14.3. The van der Waals surface area contributed by atoms with Crippen LogP contribution in [0.2, 0.25) is 0 Å². The summed E-state index contributed by atoms with van der Waals surface area (Å²) in [6.07, 6.45) is 1.89. The fourth-order valence-corrected chi connectivity index (χ4v) is 9.60. The van der Waals surface area contributed by atoms with E-state index in [1.807, 2.05) is 12.3 Å². The van der Waals surface area contributed by atoms with Gasteiger partial charge >= 0.3 is 0 Å². The molecule has 0 radical (unpaired) electrons. The molecule has 0 saturated carbocycles. The van der Waals surface area contributed by atoms with Crippen molar-refractivity contribution in [1.29, 1.82) is 0 Å². The molecule has 0 aliphatic heterocycles. The van der Waals surface area contributed by atoms with Crippen LogP contribution in [0.3, 0.4) is 0 Å². The maximum atomic E-state index is 4.86. The van der Waals surface area contributed by atoms with Crippen LogP contribution in [0, 0.1) is 0 Å². The van der Waals surface area contributed by atoms with E-state index >= 15 is 0 Å². The Hall–Kier alpha value is -8.07. The molecule has 0 fully saturated rings. The van der Waals surface area contributed by atoms with E-state index in [1.165, 1.54) is 87.1 Å². The molecule has 0 spiro atoms. The second-order valence-electron chi connectivity index (χ2n) is 15.9. The Balaban J connectivity index is 1.22. The maximum absolute atomic E-state index is 4.86. The van der Waals surface area contributed by atoms with Gasteiger partial charge in [-0.25, -0.2) is 0 Å². The van der Waals surface area contributed by atoms with Gasteiger partial charge in [-0.15, -0.1) is 0 Å². The van der Waals surface area contributed by atoms with Gasteiger partial charge in [-0.05, 0) is 154 Å². The quantitative estimate of drug-likeness (QED) is 0.124. The Morgan fingerprint density at radius 1 is 0.279 bits per heavy atom. The van der Waals surface area contributed by atoms with Gasteiger partial charge in [-0.3, -0.25) is 4.98 Å². The topological polar surface area (TPSA) is 16.1 Å². The lowest BCUT2D eigenvalue weighted by molar-refractivity contribution is 1.29. The molecular formula is C59H38N2. The highest BCUT2D eigenvalue weighted by Gasteiger charge is 2.22. The molecular weight excluding hydrogens is 737 g/mol. The molecule has 0 atom stereocenters. The zero-order valence-corrected chi connectivity index (χ0v) is 33.3. The first-order valence-corrected chi connectivity index (χ1v) is 20.9. The molecule has 0 N–H and O–H groups in total. The maximum Gasteiger partial charge on any atom is 0.0714 e. The van der Waals surface area contributed by atoms with Gasteiger partial charge in [0.05, 0.1) is 5.52 Å². The molecule has 12 rings (SSSR count). The van der Waals surface area contributed by atoms with Crippen LogP contribution in [0.25, 0.3) is 98.1 Å². The number of fused-ring (bicyclic) bond motifs is 7. The third-order valence-corrected chi connectivity index (χ3v) is 12.4. The smallest absolute Gasteiger partial charge is 0.0714 e. The second-order valence-corrected chi connectivity index (χ2v) is 15.9. The predicted molar refractivity (Wildman–Crippen MR) is 260 cm³/mol. The first-order chi connectivity index (χ1) is 30.2. The zero-order chi connectivity index (χ0) is 40.3. The molecule has 0 saturated heterocycles. The van der Waals surface area contributed by atoms with Gasteiger partial charge in [0.15, 0.2) is 0 Å². The van der Waals surface area contributed by atoms with E-state index < -0.39 is 0 Å². The number of hydrogen-bond donors (Lipinski definition) is 0. The van der Waals surface area contributed by atoms with Crippen molar-refractivity contribution < 1.29 is 0 Å². The third-order valence-electron chi connectivity index (χ3n) is 12.4. The number of anilines is 3. The lowest BCUT2D eigenvalue weighted by Crippen LogP contribution is -2.09. The van der Waals surface area contributed by atoms with Crippen molar-refractivity contribution in [3.63, 3.8) is 0 Å². The molecule has 0 aliphatic carbocycles. The molecule has 1 heterocycles. The highest BCUT2D eigenvalue weighted by Crippen LogP contribution is 2.48. The lowest BCUT2D eigenvalue weighted by Gasteiger charge is -2.27. The molecule has 0 amide bonds. The van der Waals surface area contributed by atoms with E-state index in [2.05, 4.69) is 223 Å². The average Bonchev–Trinajstić information content (AvgIpc) is 3.33. The monoisotopic (exact) mass is 774 g/mol. The number of aromatic nitrogens is 1. The van der Waals surface area contributed by atoms with Crippen LogP contribution in [-0.4, -0.2) is 4.98 Å². The molecule has 2 heteroatoms. The van der Waals surface area contributed by atoms with Crippen LogP contribution < -0.4 is 4.90 Å². The molecule has 2 nitrogen and oxygen atoms in total. The van der Waals surface area contributed by atoms with Gasteiger partial charge < -0.3 is 4.90 Å². The molecule has 1 aromatic heterocycles. The third kappa shape index (κ3) is 5.92. The Morgan fingerprint density at radius 2 is 0.787 bits per heavy atom. The predicted octanol–water partition coefficient (Wildman–Crippen LogP) is 16.5. The van der Waals surface area contributed by atoms with Gasteiger partial charge in [-0.2, -0.15) is 0 Å². The summed E-state index contributed by atoms with van der Waals surface area (Å²) in [6.45, 7) is 0. The largest absolute Gasteiger partial charge is 0.310 e. The minimum atomic E-state index is 0.996. The number of pyridine rings is 1. The molecule has 61 heavy (non-hydrogen) atoms. The first kappa shape index (κ1) is 34.9. The van der Waals surface area contributed by atoms with Crippen LogP contribution in [-0.2, 0) is 0 Å². The Labute approximate surface area is 354 Å². The minimum absolute atomic E-state index is 0.996. The number of benzene rings is 11. The van der Waals surface area contributed by atoms with Gasteiger partial charge in [0, 0.05) is 28.6 Å². The van der Waals surface area contributed by atoms with E-state index in [-0.39, 0.29) is 0 Å². The molecule has 12 aromatic rings. The van der Waals surface area contributed by atoms with Crippen LogP contribution in [0.5, 0.6) is 0 Å². The van der Waals surface area contributed by atoms with Crippen LogP contribution in [0.1, 0.15) is 0 Å². The van der Waals surface area contributed by atoms with Crippen molar-refractivity contribution in [2.24, 2.45) is 0 Å². The van der Waals surface area contributed by atoms with Crippen LogP contribution >= 0.6 is 0 Å². The number of nitrogens with zero attached hydrogens (tertiary/aromatic N) is 2. The van der Waals surface area contributed by atoms with E-state index in [0.717, 1.165) is 28.1 Å². The van der Waals surface area contributed by atoms with E-state index in [1.54, 1.807) is 0 Å². The summed E-state index contributed by atoms with van der Waals surface area (Å²) in [5.41, 5.74) is 11.5. The molecule has 0 aliphatic rings. The molecule has 284 valence electrons. The minimum Gasteiger partial charge on any atom is -0.310 e. The van der Waals surface area contributed by atoms with Gasteiger partial charge in [0.2, 0.25) is 0 Å². The highest BCUT2D eigenvalue weighted by molar-refractivity contribution is 6.24. The SMILES string of the molecule is c1ccc(N(c2ccccc2)c2ccc3c(-c4ccc5ccccc5c4)c4cc(-c5cc6ncccc6c6ccccc56)ccc4c(-c4ccc5ccccc5c4)c3c2)cc1. The van der Waals surface area contributed by atoms with Gasteiger partial charge in [0.25, 0.3) is 0 Å². The number of rotatable bonds is 6. The summed E-state index contributed by atoms with van der Waals surface area (Å²) in [5.74, 6) is 0. The summed E-state index contributed by atoms with van der Waals surface area (Å²) in [4.78, 5) is 7.22. The van der Waals surface area contributed by atoms with Crippen LogP contribution in [0.4, 0.5) is 17.1 Å². The normalized spacial score (nSPS) is 11.6. The highest BCUT2D eigenvalue weighted by atomic mass is 15.1. The van der Waals surface area contributed by atoms with Crippen molar-refractivity contribution in [2.45, 2.75) is 0 Å². The Bertz CT molecular complexity index is 3610. The van der Waals surface area contributed by atoms with Crippen molar-refractivity contribution in [3.05, 3.63) is 231 Å². The molecule has 11 aromatic carbocycles. The summed E-state index contributed by atoms with van der Waals surface area (Å²) in [5, 5.41) is 13.3. The van der Waals surface area contributed by atoms with Crippen molar-refractivity contribution in [2.75, 3.05) is 4.90 Å². The summed E-state index contributed by atoms with van der Waals surface area (Å²) in [6, 6.07) is 82.1. The Kier molecular flexibility index (Phi) is 8.21. The molecule has 0 bridgehead atoms. The standard InChI is InChI=1S/C59H38N2/c1-3-18-46(19-4-1)61(47-20-5-2-6-21-47)48-30-32-53-56(37-48)59(45-28-26-40-15-8-10-17-42(40)35-45)52-31-29-43(36-55(52)58(53)44-27-25-39-14-7-9-16-41(39)34-44)54-38-57-51(24-13-33-60-57)49-22-11-12-23-50(49)54/h1-38H. The number of hydrogen-bond acceptors (Lipinski definition) is 2. The fourth-order valence-electron chi connectivity index (χ4n) is 9.60. The van der Waals surface area contributed by atoms with Crippen molar-refractivity contribution >= 4 is 81.8 Å². The number of para-hydroxylation sites is 2. The average molecular weight is 775 g/mol. The van der Waals surface area contributed by atoms with Gasteiger partial charge in [-0.1, -0.05) is 158 Å². The summed E-state index contributed by atoms with van der Waals surface area (Å²) in [7, 11) is 0. The van der Waals surface area contributed by atoms with Gasteiger partial charge in [0.1, 0.15) is 0 Å². The van der Waals surface area contributed by atoms with Crippen molar-refractivity contribution in [3.8, 4) is 33.4 Å². The first-order valence-electron chi connectivity index (χ1n) is 20.9. The summed E-state index contributed by atoms with van der Waals surface area (Å²) >= 11 is 0. The fraction of sp³-hybridized carbons (Fsp3) is 0. The van der Waals surface area contributed by atoms with E-state index in [4.69, 9.17) is 4.98 Å². The lowest BCUT2D eigenvalue weighted by atomic mass is 9.83. The zero-order valence-electron chi connectivity index (χ0n) is 33.3. The summed E-state index contributed by atoms with van der Waals surface area (Å²) < 4.78 is 0. The van der Waals surface area contributed by atoms with E-state index in [9.17, 15) is 0 Å². The van der Waals surface area contributed by atoms with Crippen molar-refractivity contribution in [1.82, 2.24) is 4.98 Å². The van der Waals surface area contributed by atoms with E-state index in [0.29, 0.717) is 0 Å².